The minimum Gasteiger partial charge on any atom is -0.364 e. The normalized spacial score (nSPS) is 15.0. The Hall–Kier alpha value is -2.63. The van der Waals surface area contributed by atoms with Gasteiger partial charge in [-0.15, -0.1) is 0 Å². The minimum atomic E-state index is -0.368. The van der Waals surface area contributed by atoms with Crippen LogP contribution < -0.4 is 14.8 Å². The van der Waals surface area contributed by atoms with Crippen LogP contribution in [0.4, 0.5) is 17.2 Å². The molecule has 0 unspecified atom stereocenters. The smallest absolute Gasteiger partial charge is 0.274 e. The van der Waals surface area contributed by atoms with Crippen LogP contribution in [0.15, 0.2) is 48.7 Å². The Bertz CT molecular complexity index is 607. The zero-order chi connectivity index (χ0) is 14.7. The molecule has 0 bridgehead atoms. The van der Waals surface area contributed by atoms with Gasteiger partial charge >= 0.3 is 0 Å². The molecular weight excluding hydrogens is 268 g/mol. The summed E-state index contributed by atoms with van der Waals surface area (Å²) in [5, 5.41) is 10.7. The largest absolute Gasteiger partial charge is 0.364 e. The maximum absolute atomic E-state index is 10.7. The van der Waals surface area contributed by atoms with Crippen molar-refractivity contribution in [2.45, 2.75) is 0 Å². The van der Waals surface area contributed by atoms with Crippen molar-refractivity contribution in [3.8, 4) is 0 Å². The number of anilines is 2. The van der Waals surface area contributed by atoms with Crippen molar-refractivity contribution in [1.29, 1.82) is 0 Å². The lowest BCUT2D eigenvalue weighted by Gasteiger charge is -2.32. The van der Waals surface area contributed by atoms with E-state index in [2.05, 4.69) is 20.9 Å². The molecule has 2 aromatic rings. The first-order valence-electron chi connectivity index (χ1n) is 6.95. The third-order valence-electron chi connectivity index (χ3n) is 3.74. The van der Waals surface area contributed by atoms with Crippen LogP contribution in [0.2, 0.25) is 0 Å². The van der Waals surface area contributed by atoms with Crippen molar-refractivity contribution in [1.82, 2.24) is 0 Å². The topological polar surface area (TPSA) is 63.8 Å². The predicted octanol–water partition coefficient (Wildman–Crippen LogP) is 1.74. The van der Waals surface area contributed by atoms with E-state index in [0.29, 0.717) is 0 Å². The van der Waals surface area contributed by atoms with Crippen molar-refractivity contribution < 1.29 is 9.91 Å². The molecule has 1 aliphatic rings. The number of nitrogens with zero attached hydrogens (tertiary/aromatic N) is 3. The number of rotatable bonds is 3. The first-order chi connectivity index (χ1) is 10.2. The van der Waals surface area contributed by atoms with Crippen molar-refractivity contribution in [3.05, 3.63) is 58.8 Å². The van der Waals surface area contributed by atoms with Crippen LogP contribution in [-0.2, 0) is 0 Å². The summed E-state index contributed by atoms with van der Waals surface area (Å²) in [5.74, 6) is 1.13. The van der Waals surface area contributed by atoms with Crippen LogP contribution in [0.25, 0.3) is 0 Å². The van der Waals surface area contributed by atoms with Crippen LogP contribution in [0.1, 0.15) is 0 Å². The first kappa shape index (κ1) is 13.4. The van der Waals surface area contributed by atoms with Gasteiger partial charge in [-0.05, 0) is 18.2 Å². The van der Waals surface area contributed by atoms with Gasteiger partial charge in [-0.1, -0.05) is 6.07 Å². The standard InChI is InChI=1S/C15H16N4O2/c20-19(21)14-6-4-13(5-7-14)17-9-11-18(12-10-17)15-3-1-2-8-16-15/h1-8H,9-12H2/p+1. The van der Waals surface area contributed by atoms with Crippen LogP contribution in [0, 0.1) is 10.1 Å². The van der Waals surface area contributed by atoms with E-state index in [9.17, 15) is 10.1 Å². The van der Waals surface area contributed by atoms with Gasteiger partial charge in [0.15, 0.2) is 0 Å². The molecule has 2 heterocycles. The second-order valence-electron chi connectivity index (χ2n) is 5.00. The minimum absolute atomic E-state index is 0.135. The molecule has 0 radical (unpaired) electrons. The van der Waals surface area contributed by atoms with Gasteiger partial charge in [0.1, 0.15) is 13.1 Å². The number of piperazine rings is 1. The van der Waals surface area contributed by atoms with E-state index in [1.165, 1.54) is 0 Å². The molecule has 1 aliphatic heterocycles. The van der Waals surface area contributed by atoms with E-state index in [0.717, 1.165) is 37.7 Å². The number of aromatic amines is 1. The first-order valence-corrected chi connectivity index (χ1v) is 6.95. The molecular formula is C15H17N4O2+. The van der Waals surface area contributed by atoms with Crippen molar-refractivity contribution in [2.24, 2.45) is 0 Å². The summed E-state index contributed by atoms with van der Waals surface area (Å²) in [6, 6.07) is 12.8. The molecule has 1 aromatic carbocycles. The summed E-state index contributed by atoms with van der Waals surface area (Å²) >= 11 is 0. The molecule has 108 valence electrons. The number of benzene rings is 1. The molecule has 21 heavy (non-hydrogen) atoms. The third kappa shape index (κ3) is 2.94. The van der Waals surface area contributed by atoms with Crippen LogP contribution in [0.5, 0.6) is 0 Å². The highest BCUT2D eigenvalue weighted by molar-refractivity contribution is 5.52. The molecule has 1 saturated heterocycles. The highest BCUT2D eigenvalue weighted by Crippen LogP contribution is 2.21. The molecule has 0 spiro atoms. The van der Waals surface area contributed by atoms with Gasteiger partial charge in [0.25, 0.3) is 11.5 Å². The summed E-state index contributed by atoms with van der Waals surface area (Å²) in [4.78, 5) is 18.1. The highest BCUT2D eigenvalue weighted by atomic mass is 16.6. The van der Waals surface area contributed by atoms with Gasteiger partial charge in [0.05, 0.1) is 24.2 Å². The van der Waals surface area contributed by atoms with Gasteiger partial charge < -0.3 is 4.90 Å². The van der Waals surface area contributed by atoms with Crippen LogP contribution in [0.3, 0.4) is 0 Å². The quantitative estimate of drug-likeness (QED) is 0.636. The van der Waals surface area contributed by atoms with E-state index in [-0.39, 0.29) is 10.6 Å². The maximum atomic E-state index is 10.7. The lowest BCUT2D eigenvalue weighted by molar-refractivity contribution is -0.384. The second kappa shape index (κ2) is 5.78. The van der Waals surface area contributed by atoms with Crippen molar-refractivity contribution in [3.63, 3.8) is 0 Å². The second-order valence-corrected chi connectivity index (χ2v) is 5.00. The van der Waals surface area contributed by atoms with E-state index in [4.69, 9.17) is 0 Å². The Balaban J connectivity index is 1.64. The molecule has 1 N–H and O–H groups in total. The summed E-state index contributed by atoms with van der Waals surface area (Å²) in [5.41, 5.74) is 1.17. The van der Waals surface area contributed by atoms with Gasteiger partial charge in [0.2, 0.25) is 0 Å². The lowest BCUT2D eigenvalue weighted by Crippen LogP contribution is -2.48. The summed E-state index contributed by atoms with van der Waals surface area (Å²) in [6.45, 7) is 3.66. The highest BCUT2D eigenvalue weighted by Gasteiger charge is 2.23. The number of nitrogens with one attached hydrogen (secondary N) is 1. The molecule has 6 heteroatoms. The van der Waals surface area contributed by atoms with Crippen molar-refractivity contribution >= 4 is 17.2 Å². The average molecular weight is 285 g/mol. The number of hydrogen-bond acceptors (Lipinski definition) is 4. The molecule has 1 fully saturated rings. The van der Waals surface area contributed by atoms with Gasteiger partial charge in [0, 0.05) is 23.9 Å². The van der Waals surface area contributed by atoms with Crippen molar-refractivity contribution in [2.75, 3.05) is 36.0 Å². The molecule has 1 aromatic heterocycles. The Labute approximate surface area is 122 Å². The lowest BCUT2D eigenvalue weighted by atomic mass is 10.2. The zero-order valence-corrected chi connectivity index (χ0v) is 11.6. The Morgan fingerprint density at radius 3 is 2.19 bits per heavy atom. The maximum Gasteiger partial charge on any atom is 0.274 e. The summed E-state index contributed by atoms with van der Waals surface area (Å²) in [6.07, 6.45) is 1.93. The molecule has 0 atom stereocenters. The molecule has 3 rings (SSSR count). The van der Waals surface area contributed by atoms with Gasteiger partial charge in [-0.2, -0.15) is 0 Å². The molecule has 0 saturated carbocycles. The fraction of sp³-hybridized carbons (Fsp3) is 0.267. The molecule has 0 aliphatic carbocycles. The Kier molecular flexibility index (Phi) is 3.68. The van der Waals surface area contributed by atoms with E-state index >= 15 is 0 Å². The number of non-ortho nitro benzene ring substituents is 1. The fourth-order valence-electron chi connectivity index (χ4n) is 2.57. The SMILES string of the molecule is O=[N+]([O-])c1ccc(N2CCN(c3cccc[nH+]3)CC2)cc1. The van der Waals surface area contributed by atoms with Gasteiger partial charge in [-0.25, -0.2) is 4.98 Å². The Morgan fingerprint density at radius 1 is 0.952 bits per heavy atom. The summed E-state index contributed by atoms with van der Waals surface area (Å²) in [7, 11) is 0. The van der Waals surface area contributed by atoms with E-state index in [1.807, 2.05) is 30.5 Å². The number of H-pyrrole nitrogens is 1. The van der Waals surface area contributed by atoms with E-state index < -0.39 is 0 Å². The average Bonchev–Trinajstić information content (AvgIpc) is 2.56. The summed E-state index contributed by atoms with van der Waals surface area (Å²) < 4.78 is 0. The number of nitro benzene ring substituents is 1. The van der Waals surface area contributed by atoms with E-state index in [1.54, 1.807) is 12.1 Å². The fourth-order valence-corrected chi connectivity index (χ4v) is 2.57. The number of aromatic nitrogens is 1. The number of nitro groups is 1. The Morgan fingerprint density at radius 2 is 1.62 bits per heavy atom. The van der Waals surface area contributed by atoms with Crippen LogP contribution >= 0.6 is 0 Å². The number of pyridine rings is 1. The number of hydrogen-bond donors (Lipinski definition) is 0. The molecule has 0 amide bonds. The van der Waals surface area contributed by atoms with Gasteiger partial charge in [-0.3, -0.25) is 15.0 Å². The third-order valence-corrected chi connectivity index (χ3v) is 3.74. The monoisotopic (exact) mass is 285 g/mol. The molecule has 6 nitrogen and oxygen atoms in total. The predicted molar refractivity (Wildman–Crippen MR) is 80.5 cm³/mol. The zero-order valence-electron chi connectivity index (χ0n) is 11.6. The van der Waals surface area contributed by atoms with Crippen LogP contribution in [-0.4, -0.2) is 31.1 Å².